The first kappa shape index (κ1) is 9.78. The maximum atomic E-state index is 5.13. The van der Waals surface area contributed by atoms with Crippen LogP contribution >= 0.6 is 0 Å². The Morgan fingerprint density at radius 1 is 1.23 bits per heavy atom. The highest BCUT2D eigenvalue weighted by atomic mass is 16.5. The van der Waals surface area contributed by atoms with Crippen LogP contribution in [-0.2, 0) is 12.8 Å². The fraction of sp³-hybridized carbons (Fsp3) is 0.364. The van der Waals surface area contributed by atoms with Crippen molar-refractivity contribution in [2.75, 3.05) is 0 Å². The summed E-state index contributed by atoms with van der Waals surface area (Å²) in [6.45, 7) is 7.32. The Bertz CT molecular complexity index is 249. The second kappa shape index (κ2) is 5.36. The van der Waals surface area contributed by atoms with Crippen molar-refractivity contribution in [3.05, 3.63) is 42.8 Å². The van der Waals surface area contributed by atoms with Gasteiger partial charge < -0.3 is 4.52 Å². The van der Waals surface area contributed by atoms with E-state index in [1.807, 2.05) is 18.2 Å². The van der Waals surface area contributed by atoms with Crippen LogP contribution in [0.4, 0.5) is 0 Å². The smallest absolute Gasteiger partial charge is 0.137 e. The average molecular weight is 177 g/mol. The van der Waals surface area contributed by atoms with E-state index >= 15 is 0 Å². The molecule has 0 radical (unpaired) electrons. The number of nitrogens with zero attached hydrogens (tertiary/aromatic N) is 1. The summed E-state index contributed by atoms with van der Waals surface area (Å²) >= 11 is 0. The van der Waals surface area contributed by atoms with Gasteiger partial charge in [-0.3, -0.25) is 0 Å². The van der Waals surface area contributed by atoms with Gasteiger partial charge in [-0.15, -0.1) is 13.2 Å². The minimum Gasteiger partial charge on any atom is -0.361 e. The SMILES string of the molecule is C=CCCc1cc(CCC=C)on1. The fourth-order valence-electron chi connectivity index (χ4n) is 1.09. The zero-order valence-corrected chi connectivity index (χ0v) is 7.83. The molecule has 0 atom stereocenters. The number of aryl methyl sites for hydroxylation is 2. The molecule has 1 heterocycles. The normalized spacial score (nSPS) is 9.85. The lowest BCUT2D eigenvalue weighted by Crippen LogP contribution is -1.81. The van der Waals surface area contributed by atoms with Crippen molar-refractivity contribution in [2.24, 2.45) is 0 Å². The second-order valence-electron chi connectivity index (χ2n) is 2.94. The number of hydrogen-bond donors (Lipinski definition) is 0. The lowest BCUT2D eigenvalue weighted by Gasteiger charge is -1.86. The lowest BCUT2D eigenvalue weighted by molar-refractivity contribution is 0.378. The molecule has 0 fully saturated rings. The van der Waals surface area contributed by atoms with Gasteiger partial charge in [-0.05, 0) is 19.3 Å². The van der Waals surface area contributed by atoms with E-state index in [0.717, 1.165) is 37.1 Å². The topological polar surface area (TPSA) is 26.0 Å². The molecule has 0 saturated heterocycles. The monoisotopic (exact) mass is 177 g/mol. The first-order valence-electron chi connectivity index (χ1n) is 4.53. The highest BCUT2D eigenvalue weighted by molar-refractivity contribution is 5.06. The molecule has 0 unspecified atom stereocenters. The average Bonchev–Trinajstić information content (AvgIpc) is 2.59. The van der Waals surface area contributed by atoms with Gasteiger partial charge in [-0.1, -0.05) is 17.3 Å². The molecule has 2 heteroatoms. The molecule has 2 nitrogen and oxygen atoms in total. The van der Waals surface area contributed by atoms with Gasteiger partial charge in [0.15, 0.2) is 0 Å². The number of aromatic nitrogens is 1. The van der Waals surface area contributed by atoms with Gasteiger partial charge in [-0.2, -0.15) is 0 Å². The van der Waals surface area contributed by atoms with Crippen LogP contribution in [0.5, 0.6) is 0 Å². The van der Waals surface area contributed by atoms with Crippen LogP contribution in [0.15, 0.2) is 35.9 Å². The van der Waals surface area contributed by atoms with Crippen LogP contribution in [0.2, 0.25) is 0 Å². The van der Waals surface area contributed by atoms with E-state index in [0.29, 0.717) is 0 Å². The second-order valence-corrected chi connectivity index (χ2v) is 2.94. The number of allylic oxidation sites excluding steroid dienone is 2. The van der Waals surface area contributed by atoms with Crippen molar-refractivity contribution in [1.82, 2.24) is 5.16 Å². The summed E-state index contributed by atoms with van der Waals surface area (Å²) in [6.07, 6.45) is 7.47. The van der Waals surface area contributed by atoms with Crippen molar-refractivity contribution in [1.29, 1.82) is 0 Å². The Kier molecular flexibility index (Phi) is 4.03. The largest absolute Gasteiger partial charge is 0.361 e. The van der Waals surface area contributed by atoms with E-state index in [1.54, 1.807) is 0 Å². The minimum absolute atomic E-state index is 0.893. The highest BCUT2D eigenvalue weighted by Crippen LogP contribution is 2.08. The standard InChI is InChI=1S/C11H15NO/c1-3-5-7-10-9-11(13-12-10)8-6-4-2/h3-4,9H,1-2,5-8H2. The molecule has 0 bridgehead atoms. The van der Waals surface area contributed by atoms with Crippen molar-refractivity contribution >= 4 is 0 Å². The Morgan fingerprint density at radius 2 is 1.92 bits per heavy atom. The van der Waals surface area contributed by atoms with E-state index in [4.69, 9.17) is 4.52 Å². The summed E-state index contributed by atoms with van der Waals surface area (Å²) in [5.41, 5.74) is 1.01. The summed E-state index contributed by atoms with van der Waals surface area (Å²) in [5.74, 6) is 0.943. The quantitative estimate of drug-likeness (QED) is 0.624. The van der Waals surface area contributed by atoms with Crippen LogP contribution in [0, 0.1) is 0 Å². The summed E-state index contributed by atoms with van der Waals surface area (Å²) in [5, 5.41) is 3.95. The van der Waals surface area contributed by atoms with Crippen molar-refractivity contribution in [2.45, 2.75) is 25.7 Å². The molecule has 0 aliphatic rings. The zero-order valence-electron chi connectivity index (χ0n) is 7.83. The van der Waals surface area contributed by atoms with E-state index in [1.165, 1.54) is 0 Å². The van der Waals surface area contributed by atoms with Crippen LogP contribution in [0.1, 0.15) is 24.3 Å². The molecule has 1 aromatic heterocycles. The molecule has 0 spiro atoms. The van der Waals surface area contributed by atoms with Gasteiger partial charge >= 0.3 is 0 Å². The number of hydrogen-bond acceptors (Lipinski definition) is 2. The fourth-order valence-corrected chi connectivity index (χ4v) is 1.09. The molecule has 0 saturated carbocycles. The number of rotatable bonds is 6. The van der Waals surface area contributed by atoms with Gasteiger partial charge in [0.2, 0.25) is 0 Å². The Hall–Kier alpha value is -1.31. The molecule has 0 aliphatic carbocycles. The minimum atomic E-state index is 0.893. The molecule has 13 heavy (non-hydrogen) atoms. The lowest BCUT2D eigenvalue weighted by atomic mass is 10.2. The van der Waals surface area contributed by atoms with E-state index in [9.17, 15) is 0 Å². The van der Waals surface area contributed by atoms with Crippen molar-refractivity contribution in [3.63, 3.8) is 0 Å². The first-order valence-corrected chi connectivity index (χ1v) is 4.53. The first-order chi connectivity index (χ1) is 6.36. The highest BCUT2D eigenvalue weighted by Gasteiger charge is 2.01. The molecule has 1 aromatic rings. The third kappa shape index (κ3) is 3.28. The summed E-state index contributed by atoms with van der Waals surface area (Å²) < 4.78 is 5.13. The third-order valence-electron chi connectivity index (χ3n) is 1.81. The Labute approximate surface area is 78.9 Å². The van der Waals surface area contributed by atoms with E-state index < -0.39 is 0 Å². The Morgan fingerprint density at radius 3 is 2.62 bits per heavy atom. The van der Waals surface area contributed by atoms with Gasteiger partial charge in [0.25, 0.3) is 0 Å². The zero-order chi connectivity index (χ0) is 9.52. The van der Waals surface area contributed by atoms with Crippen LogP contribution in [-0.4, -0.2) is 5.16 Å². The molecule has 0 aliphatic heterocycles. The maximum Gasteiger partial charge on any atom is 0.137 e. The van der Waals surface area contributed by atoms with Gasteiger partial charge in [-0.25, -0.2) is 0 Å². The van der Waals surface area contributed by atoms with E-state index in [2.05, 4.69) is 18.3 Å². The maximum absolute atomic E-state index is 5.13. The molecular weight excluding hydrogens is 162 g/mol. The van der Waals surface area contributed by atoms with E-state index in [-0.39, 0.29) is 0 Å². The molecule has 1 rings (SSSR count). The Balaban J connectivity index is 2.43. The molecule has 0 N–H and O–H groups in total. The molecule has 0 amide bonds. The molecule has 0 aromatic carbocycles. The van der Waals surface area contributed by atoms with Gasteiger partial charge in [0, 0.05) is 12.5 Å². The summed E-state index contributed by atoms with van der Waals surface area (Å²) in [7, 11) is 0. The molecular formula is C11H15NO. The van der Waals surface area contributed by atoms with Crippen LogP contribution < -0.4 is 0 Å². The van der Waals surface area contributed by atoms with Crippen molar-refractivity contribution < 1.29 is 4.52 Å². The third-order valence-corrected chi connectivity index (χ3v) is 1.81. The molecule has 70 valence electrons. The van der Waals surface area contributed by atoms with Gasteiger partial charge in [0.05, 0.1) is 5.69 Å². The van der Waals surface area contributed by atoms with Crippen LogP contribution in [0.3, 0.4) is 0 Å². The van der Waals surface area contributed by atoms with Crippen molar-refractivity contribution in [3.8, 4) is 0 Å². The summed E-state index contributed by atoms with van der Waals surface area (Å²) in [4.78, 5) is 0. The van der Waals surface area contributed by atoms with Gasteiger partial charge in [0.1, 0.15) is 5.76 Å². The predicted molar refractivity (Wildman–Crippen MR) is 53.5 cm³/mol. The summed E-state index contributed by atoms with van der Waals surface area (Å²) in [6, 6.07) is 2.01. The predicted octanol–water partition coefficient (Wildman–Crippen LogP) is 2.91. The van der Waals surface area contributed by atoms with Crippen LogP contribution in [0.25, 0.3) is 0 Å².